The fourth-order valence-electron chi connectivity index (χ4n) is 2.58. The number of benzene rings is 1. The van der Waals surface area contributed by atoms with Crippen LogP contribution >= 0.6 is 0 Å². The first-order chi connectivity index (χ1) is 12.5. The number of esters is 1. The Morgan fingerprint density at radius 1 is 1.07 bits per heavy atom. The van der Waals surface area contributed by atoms with Crippen molar-refractivity contribution in [3.8, 4) is 0 Å². The second-order valence-corrected chi connectivity index (χ2v) is 8.10. The Kier molecular flexibility index (Phi) is 8.47. The van der Waals surface area contributed by atoms with Crippen LogP contribution in [0.2, 0.25) is 0 Å². The van der Waals surface area contributed by atoms with Crippen LogP contribution in [0.4, 0.5) is 0 Å². The fraction of sp³-hybridized carbons (Fsp3) is 0.571. The summed E-state index contributed by atoms with van der Waals surface area (Å²) in [5, 5.41) is 5.49. The monoisotopic (exact) mass is 376 g/mol. The van der Waals surface area contributed by atoms with E-state index in [-0.39, 0.29) is 36.1 Å². The quantitative estimate of drug-likeness (QED) is 0.683. The number of amides is 2. The fourth-order valence-corrected chi connectivity index (χ4v) is 2.58. The van der Waals surface area contributed by atoms with Gasteiger partial charge in [-0.15, -0.1) is 0 Å². The van der Waals surface area contributed by atoms with Crippen LogP contribution in [0, 0.1) is 5.92 Å². The van der Waals surface area contributed by atoms with Crippen LogP contribution in [-0.2, 0) is 19.7 Å². The zero-order chi connectivity index (χ0) is 20.6. The van der Waals surface area contributed by atoms with E-state index in [0.29, 0.717) is 12.0 Å². The lowest BCUT2D eigenvalue weighted by molar-refractivity contribution is -0.140. The number of ether oxygens (including phenoxy) is 1. The molecule has 0 radical (unpaired) electrons. The average molecular weight is 376 g/mol. The minimum Gasteiger partial charge on any atom is -0.469 e. The molecule has 6 nitrogen and oxygen atoms in total. The molecule has 1 rings (SSSR count). The highest BCUT2D eigenvalue weighted by molar-refractivity contribution is 5.97. The smallest absolute Gasteiger partial charge is 0.307 e. The highest BCUT2D eigenvalue weighted by Gasteiger charge is 2.23. The second-order valence-electron chi connectivity index (χ2n) is 8.10. The molecule has 0 spiro atoms. The largest absolute Gasteiger partial charge is 0.469 e. The average Bonchev–Trinajstić information content (AvgIpc) is 2.59. The summed E-state index contributed by atoms with van der Waals surface area (Å²) in [4.78, 5) is 36.1. The van der Waals surface area contributed by atoms with Gasteiger partial charge in [-0.2, -0.15) is 0 Å². The van der Waals surface area contributed by atoms with Gasteiger partial charge in [0.05, 0.1) is 13.5 Å². The normalized spacial score (nSPS) is 12.4. The standard InChI is InChI=1S/C21H32N2O4/c1-14(2)13-17(20(26)22-12-11-18(24)27-6)23-19(25)15-7-9-16(10-8-15)21(3,4)5/h7-10,14,17H,11-13H2,1-6H3,(H,22,26)(H,23,25)/t17-/m1/s1. The second kappa shape index (κ2) is 10.1. The molecule has 1 aromatic carbocycles. The van der Waals surface area contributed by atoms with E-state index in [4.69, 9.17) is 0 Å². The summed E-state index contributed by atoms with van der Waals surface area (Å²) in [5.41, 5.74) is 1.66. The molecule has 0 aromatic heterocycles. The van der Waals surface area contributed by atoms with E-state index >= 15 is 0 Å². The first-order valence-electron chi connectivity index (χ1n) is 9.30. The van der Waals surface area contributed by atoms with Gasteiger partial charge in [0.25, 0.3) is 5.91 Å². The maximum Gasteiger partial charge on any atom is 0.307 e. The van der Waals surface area contributed by atoms with E-state index in [1.807, 2.05) is 26.0 Å². The lowest BCUT2D eigenvalue weighted by atomic mass is 9.86. The van der Waals surface area contributed by atoms with Crippen LogP contribution in [0.15, 0.2) is 24.3 Å². The molecule has 0 saturated heterocycles. The van der Waals surface area contributed by atoms with Gasteiger partial charge in [0.2, 0.25) is 5.91 Å². The molecule has 1 aromatic rings. The van der Waals surface area contributed by atoms with Crippen LogP contribution < -0.4 is 10.6 Å². The minimum absolute atomic E-state index is 0.00864. The molecular weight excluding hydrogens is 344 g/mol. The molecule has 0 bridgehead atoms. The van der Waals surface area contributed by atoms with Crippen molar-refractivity contribution >= 4 is 17.8 Å². The van der Waals surface area contributed by atoms with E-state index in [9.17, 15) is 14.4 Å². The predicted octanol–water partition coefficient (Wildman–Crippen LogP) is 2.81. The molecule has 2 amide bonds. The molecule has 0 fully saturated rings. The predicted molar refractivity (Wildman–Crippen MR) is 105 cm³/mol. The molecule has 0 saturated carbocycles. The van der Waals surface area contributed by atoms with Crippen molar-refractivity contribution in [2.45, 2.75) is 58.9 Å². The van der Waals surface area contributed by atoms with Gasteiger partial charge in [-0.3, -0.25) is 14.4 Å². The summed E-state index contributed by atoms with van der Waals surface area (Å²) in [6, 6.07) is 6.76. The van der Waals surface area contributed by atoms with Crippen LogP contribution in [0.1, 0.15) is 63.4 Å². The molecule has 0 unspecified atom stereocenters. The Hall–Kier alpha value is -2.37. The number of nitrogens with one attached hydrogen (secondary N) is 2. The molecule has 1 atom stereocenters. The van der Waals surface area contributed by atoms with Crippen LogP contribution in [0.25, 0.3) is 0 Å². The van der Waals surface area contributed by atoms with Crippen LogP contribution in [-0.4, -0.2) is 37.5 Å². The minimum atomic E-state index is -0.655. The van der Waals surface area contributed by atoms with Crippen LogP contribution in [0.3, 0.4) is 0 Å². The van der Waals surface area contributed by atoms with Crippen molar-refractivity contribution in [2.24, 2.45) is 5.92 Å². The van der Waals surface area contributed by atoms with Gasteiger partial charge in [0.15, 0.2) is 0 Å². The van der Waals surface area contributed by atoms with Gasteiger partial charge in [-0.1, -0.05) is 46.8 Å². The van der Waals surface area contributed by atoms with Crippen LogP contribution in [0.5, 0.6) is 0 Å². The van der Waals surface area contributed by atoms with Crippen molar-refractivity contribution < 1.29 is 19.1 Å². The van der Waals surface area contributed by atoms with Gasteiger partial charge in [-0.05, 0) is 35.4 Å². The van der Waals surface area contributed by atoms with Crippen molar-refractivity contribution in [3.63, 3.8) is 0 Å². The highest BCUT2D eigenvalue weighted by Crippen LogP contribution is 2.22. The Balaban J connectivity index is 2.76. The number of hydrogen-bond donors (Lipinski definition) is 2. The van der Waals surface area contributed by atoms with Gasteiger partial charge >= 0.3 is 5.97 Å². The Labute approximate surface area is 162 Å². The highest BCUT2D eigenvalue weighted by atomic mass is 16.5. The number of methoxy groups -OCH3 is 1. The van der Waals surface area contributed by atoms with Gasteiger partial charge in [-0.25, -0.2) is 0 Å². The first-order valence-corrected chi connectivity index (χ1v) is 9.30. The molecular formula is C21H32N2O4. The lowest BCUT2D eigenvalue weighted by Gasteiger charge is -2.21. The number of carbonyl (C=O) groups is 3. The molecule has 0 aliphatic carbocycles. The number of hydrogen-bond acceptors (Lipinski definition) is 4. The van der Waals surface area contributed by atoms with E-state index in [1.54, 1.807) is 12.1 Å². The van der Waals surface area contributed by atoms with Crippen molar-refractivity contribution in [3.05, 3.63) is 35.4 Å². The van der Waals surface area contributed by atoms with E-state index in [0.717, 1.165) is 5.56 Å². The summed E-state index contributed by atoms with van der Waals surface area (Å²) in [7, 11) is 1.30. The summed E-state index contributed by atoms with van der Waals surface area (Å²) in [5.74, 6) is -0.750. The van der Waals surface area contributed by atoms with E-state index in [1.165, 1.54) is 7.11 Å². The van der Waals surface area contributed by atoms with Gasteiger partial charge in [0.1, 0.15) is 6.04 Å². The first kappa shape index (κ1) is 22.7. The van der Waals surface area contributed by atoms with E-state index in [2.05, 4.69) is 36.1 Å². The third-order valence-electron chi connectivity index (χ3n) is 4.20. The third kappa shape index (κ3) is 7.81. The molecule has 6 heteroatoms. The van der Waals surface area contributed by atoms with Crippen molar-refractivity contribution in [2.75, 3.05) is 13.7 Å². The van der Waals surface area contributed by atoms with Crippen molar-refractivity contribution in [1.29, 1.82) is 0 Å². The Bertz CT molecular complexity index is 645. The molecule has 27 heavy (non-hydrogen) atoms. The van der Waals surface area contributed by atoms with Crippen molar-refractivity contribution in [1.82, 2.24) is 10.6 Å². The topological polar surface area (TPSA) is 84.5 Å². The van der Waals surface area contributed by atoms with E-state index < -0.39 is 12.0 Å². The molecule has 150 valence electrons. The zero-order valence-corrected chi connectivity index (χ0v) is 17.2. The maximum atomic E-state index is 12.6. The zero-order valence-electron chi connectivity index (χ0n) is 17.2. The molecule has 0 aliphatic rings. The van der Waals surface area contributed by atoms with Gasteiger partial charge < -0.3 is 15.4 Å². The summed E-state index contributed by atoms with van der Waals surface area (Å²) in [6.45, 7) is 10.5. The number of rotatable bonds is 8. The maximum absolute atomic E-state index is 12.6. The molecule has 0 heterocycles. The molecule has 2 N–H and O–H groups in total. The lowest BCUT2D eigenvalue weighted by Crippen LogP contribution is -2.47. The molecule has 0 aliphatic heterocycles. The SMILES string of the molecule is COC(=O)CCNC(=O)[C@@H](CC(C)C)NC(=O)c1ccc(C(C)(C)C)cc1. The Morgan fingerprint density at radius 2 is 1.67 bits per heavy atom. The summed E-state index contributed by atoms with van der Waals surface area (Å²) >= 11 is 0. The number of carbonyl (C=O) groups excluding carboxylic acids is 3. The summed E-state index contributed by atoms with van der Waals surface area (Å²) < 4.78 is 4.55. The third-order valence-corrected chi connectivity index (χ3v) is 4.20. The summed E-state index contributed by atoms with van der Waals surface area (Å²) in [6.07, 6.45) is 0.606. The Morgan fingerprint density at radius 3 is 2.15 bits per heavy atom. The van der Waals surface area contributed by atoms with Gasteiger partial charge in [0, 0.05) is 12.1 Å².